The summed E-state index contributed by atoms with van der Waals surface area (Å²) in [7, 11) is 1.87. The molecule has 0 radical (unpaired) electrons. The van der Waals surface area contributed by atoms with Crippen LogP contribution in [-0.2, 0) is 9.59 Å². The highest BCUT2D eigenvalue weighted by atomic mass is 16.2. The Balaban J connectivity index is 2.04. The first-order valence-corrected chi connectivity index (χ1v) is 8.83. The van der Waals surface area contributed by atoms with Crippen LogP contribution in [0.1, 0.15) is 38.3 Å². The molecule has 7 nitrogen and oxygen atoms in total. The predicted octanol–water partition coefficient (Wildman–Crippen LogP) is 0.908. The average Bonchev–Trinajstić information content (AvgIpc) is 3.42. The molecule has 1 aromatic rings. The summed E-state index contributed by atoms with van der Waals surface area (Å²) in [6, 6.07) is 5.76. The van der Waals surface area contributed by atoms with Gasteiger partial charge in [-0.25, -0.2) is 0 Å². The number of hydrogen-bond donors (Lipinski definition) is 3. The van der Waals surface area contributed by atoms with Crippen LogP contribution in [0.5, 0.6) is 0 Å². The van der Waals surface area contributed by atoms with Crippen LogP contribution >= 0.6 is 0 Å². The molecule has 1 fully saturated rings. The van der Waals surface area contributed by atoms with Crippen LogP contribution in [0.4, 0.5) is 11.4 Å². The van der Waals surface area contributed by atoms with Crippen molar-refractivity contribution >= 4 is 23.2 Å². The zero-order chi connectivity index (χ0) is 18.1. The van der Waals surface area contributed by atoms with Gasteiger partial charge in [-0.3, -0.25) is 20.9 Å². The van der Waals surface area contributed by atoms with E-state index in [9.17, 15) is 9.59 Å². The topological polar surface area (TPSA) is 90.7 Å². The van der Waals surface area contributed by atoms with Gasteiger partial charge in [0.15, 0.2) is 0 Å². The largest absolute Gasteiger partial charge is 0.318 e. The molecular weight excluding hydrogens is 318 g/mol. The first-order chi connectivity index (χ1) is 12.0. The number of likely N-dealkylation sites (N-methyl/N-ethyl adjacent to an activating group) is 1. The summed E-state index contributed by atoms with van der Waals surface area (Å²) in [6.07, 6.45) is 1.92. The minimum Gasteiger partial charge on any atom is -0.318 e. The maximum Gasteiger partial charge on any atom is 0.230 e. The predicted molar refractivity (Wildman–Crippen MR) is 98.1 cm³/mol. The summed E-state index contributed by atoms with van der Waals surface area (Å²) in [5.74, 6) is 5.97. The van der Waals surface area contributed by atoms with Gasteiger partial charge in [0.2, 0.25) is 11.8 Å². The van der Waals surface area contributed by atoms with E-state index >= 15 is 0 Å². The first kappa shape index (κ1) is 17.8. The SMILES string of the molecule is CNCC(NN)c1ccc2c(c1)N(C(=O)C1CC1)C[C@H](C)N2C(C)=O. The highest BCUT2D eigenvalue weighted by Crippen LogP contribution is 2.41. The lowest BCUT2D eigenvalue weighted by molar-refractivity contribution is -0.120. The van der Waals surface area contributed by atoms with Crippen molar-refractivity contribution < 1.29 is 9.59 Å². The van der Waals surface area contributed by atoms with Gasteiger partial charge < -0.3 is 15.1 Å². The quantitative estimate of drug-likeness (QED) is 0.545. The number of nitrogens with two attached hydrogens (primary N) is 1. The summed E-state index contributed by atoms with van der Waals surface area (Å²) in [4.78, 5) is 28.6. The summed E-state index contributed by atoms with van der Waals surface area (Å²) < 4.78 is 0. The van der Waals surface area contributed by atoms with E-state index in [0.717, 1.165) is 29.8 Å². The molecule has 0 aromatic heterocycles. The number of nitrogens with one attached hydrogen (secondary N) is 2. The van der Waals surface area contributed by atoms with E-state index in [0.29, 0.717) is 13.1 Å². The van der Waals surface area contributed by atoms with Gasteiger partial charge in [0, 0.05) is 25.9 Å². The molecule has 0 saturated heterocycles. The third kappa shape index (κ3) is 3.40. The first-order valence-electron chi connectivity index (χ1n) is 8.83. The number of carbonyl (C=O) groups excluding carboxylic acids is 2. The lowest BCUT2D eigenvalue weighted by Gasteiger charge is -2.41. The molecule has 3 rings (SSSR count). The molecule has 4 N–H and O–H groups in total. The van der Waals surface area contributed by atoms with Crippen molar-refractivity contribution in [1.29, 1.82) is 0 Å². The molecule has 0 bridgehead atoms. The summed E-state index contributed by atoms with van der Waals surface area (Å²) in [5, 5.41) is 3.11. The molecular formula is C18H27N5O2. The van der Waals surface area contributed by atoms with E-state index < -0.39 is 0 Å². The number of rotatable bonds is 5. The maximum atomic E-state index is 12.8. The van der Waals surface area contributed by atoms with Crippen LogP contribution in [0.25, 0.3) is 0 Å². The third-order valence-electron chi connectivity index (χ3n) is 4.98. The number of carbonyl (C=O) groups is 2. The van der Waals surface area contributed by atoms with Gasteiger partial charge in [-0.2, -0.15) is 0 Å². The minimum absolute atomic E-state index is 0.0104. The van der Waals surface area contributed by atoms with Crippen LogP contribution in [0.3, 0.4) is 0 Å². The second-order valence-electron chi connectivity index (χ2n) is 6.99. The highest BCUT2D eigenvalue weighted by Gasteiger charge is 2.39. The fourth-order valence-electron chi connectivity index (χ4n) is 3.58. The Hall–Kier alpha value is -1.96. The van der Waals surface area contributed by atoms with Gasteiger partial charge in [0.05, 0.1) is 23.5 Å². The van der Waals surface area contributed by atoms with Gasteiger partial charge in [-0.05, 0) is 44.5 Å². The van der Waals surface area contributed by atoms with Crippen LogP contribution in [0.2, 0.25) is 0 Å². The number of hydrogen-bond acceptors (Lipinski definition) is 5. The highest BCUT2D eigenvalue weighted by molar-refractivity contribution is 6.05. The molecule has 136 valence electrons. The van der Waals surface area contributed by atoms with Crippen LogP contribution in [0, 0.1) is 5.92 Å². The fourth-order valence-corrected chi connectivity index (χ4v) is 3.58. The Bertz CT molecular complexity index is 673. The molecule has 2 atom stereocenters. The number of benzene rings is 1. The van der Waals surface area contributed by atoms with E-state index in [2.05, 4.69) is 10.7 Å². The average molecular weight is 345 g/mol. The van der Waals surface area contributed by atoms with Gasteiger partial charge in [0.25, 0.3) is 0 Å². The van der Waals surface area contributed by atoms with E-state index in [1.54, 1.807) is 11.8 Å². The molecule has 1 aliphatic carbocycles. The molecule has 1 saturated carbocycles. The van der Waals surface area contributed by atoms with Crippen LogP contribution < -0.4 is 26.4 Å². The Morgan fingerprint density at radius 2 is 2.04 bits per heavy atom. The second kappa shape index (κ2) is 7.11. The Morgan fingerprint density at radius 1 is 1.32 bits per heavy atom. The molecule has 2 aliphatic rings. The molecule has 1 unspecified atom stereocenters. The van der Waals surface area contributed by atoms with Gasteiger partial charge in [0.1, 0.15) is 0 Å². The lowest BCUT2D eigenvalue weighted by atomic mass is 10.0. The standard InChI is InChI=1S/C18H27N5O2/c1-11-10-22(18(25)13-4-5-13)17-8-14(15(21-19)9-20-3)6-7-16(17)23(11)12(2)24/h6-8,11,13,15,20-21H,4-5,9-10,19H2,1-3H3/t11-,15?/m0/s1. The number of anilines is 2. The Morgan fingerprint density at radius 3 is 2.60 bits per heavy atom. The van der Waals surface area contributed by atoms with Gasteiger partial charge in [-0.15, -0.1) is 0 Å². The molecule has 1 aromatic carbocycles. The van der Waals surface area contributed by atoms with E-state index in [1.807, 2.05) is 37.1 Å². The van der Waals surface area contributed by atoms with Gasteiger partial charge >= 0.3 is 0 Å². The van der Waals surface area contributed by atoms with Crippen molar-refractivity contribution in [3.8, 4) is 0 Å². The third-order valence-corrected chi connectivity index (χ3v) is 4.98. The van der Waals surface area contributed by atoms with Crippen molar-refractivity contribution in [2.75, 3.05) is 29.9 Å². The van der Waals surface area contributed by atoms with Crippen LogP contribution in [-0.4, -0.2) is 38.0 Å². The van der Waals surface area contributed by atoms with Crippen LogP contribution in [0.15, 0.2) is 18.2 Å². The molecule has 0 spiro atoms. The van der Waals surface area contributed by atoms with Gasteiger partial charge in [-0.1, -0.05) is 6.07 Å². The van der Waals surface area contributed by atoms with Crippen molar-refractivity contribution in [3.63, 3.8) is 0 Å². The second-order valence-corrected chi connectivity index (χ2v) is 6.99. The molecule has 2 amide bonds. The number of hydrazine groups is 1. The number of fused-ring (bicyclic) bond motifs is 1. The van der Waals surface area contributed by atoms with Crippen molar-refractivity contribution in [2.24, 2.45) is 11.8 Å². The fraction of sp³-hybridized carbons (Fsp3) is 0.556. The Kier molecular flexibility index (Phi) is 5.08. The normalized spacial score (nSPS) is 21.0. The molecule has 25 heavy (non-hydrogen) atoms. The lowest BCUT2D eigenvalue weighted by Crippen LogP contribution is -2.52. The van der Waals surface area contributed by atoms with Crippen molar-refractivity contribution in [3.05, 3.63) is 23.8 Å². The summed E-state index contributed by atoms with van der Waals surface area (Å²) >= 11 is 0. The smallest absolute Gasteiger partial charge is 0.230 e. The van der Waals surface area contributed by atoms with E-state index in [4.69, 9.17) is 5.84 Å². The molecule has 1 heterocycles. The number of nitrogens with zero attached hydrogens (tertiary/aromatic N) is 2. The monoisotopic (exact) mass is 345 g/mol. The number of amides is 2. The summed E-state index contributed by atoms with van der Waals surface area (Å²) in [6.45, 7) is 4.74. The molecule has 1 aliphatic heterocycles. The molecule has 7 heteroatoms. The zero-order valence-electron chi connectivity index (χ0n) is 15.1. The Labute approximate surface area is 148 Å². The van der Waals surface area contributed by atoms with E-state index in [1.165, 1.54) is 0 Å². The van der Waals surface area contributed by atoms with E-state index in [-0.39, 0.29) is 29.8 Å². The maximum absolute atomic E-state index is 12.8. The van der Waals surface area contributed by atoms with Crippen molar-refractivity contribution in [1.82, 2.24) is 10.7 Å². The zero-order valence-corrected chi connectivity index (χ0v) is 15.1. The summed E-state index contributed by atoms with van der Waals surface area (Å²) in [5.41, 5.74) is 5.39. The minimum atomic E-state index is -0.0710. The van der Waals surface area contributed by atoms with Crippen molar-refractivity contribution in [2.45, 2.75) is 38.8 Å².